The van der Waals surface area contributed by atoms with E-state index < -0.39 is 0 Å². The predicted octanol–water partition coefficient (Wildman–Crippen LogP) is 0.663. The van der Waals surface area contributed by atoms with Crippen LogP contribution >= 0.6 is 0 Å². The minimum Gasteiger partial charge on any atom is -0.385 e. The van der Waals surface area contributed by atoms with Gasteiger partial charge >= 0.3 is 0 Å². The van der Waals surface area contributed by atoms with Gasteiger partial charge in [-0.15, -0.1) is 5.10 Å². The molecule has 1 aromatic heterocycles. The van der Waals surface area contributed by atoms with Crippen molar-refractivity contribution in [1.29, 1.82) is 0 Å². The molecule has 8 nitrogen and oxygen atoms in total. The number of hydrogen-bond acceptors (Lipinski definition) is 8. The van der Waals surface area contributed by atoms with Gasteiger partial charge in [0.25, 0.3) is 0 Å². The van der Waals surface area contributed by atoms with Gasteiger partial charge in [-0.2, -0.15) is 10.1 Å². The highest BCUT2D eigenvalue weighted by Gasteiger charge is 2.40. The Kier molecular flexibility index (Phi) is 5.01. The largest absolute Gasteiger partial charge is 0.385 e. The van der Waals surface area contributed by atoms with E-state index in [9.17, 15) is 0 Å². The Bertz CT molecular complexity index is 471. The Morgan fingerprint density at radius 3 is 2.82 bits per heavy atom. The summed E-state index contributed by atoms with van der Waals surface area (Å²) in [4.78, 5) is 6.73. The summed E-state index contributed by atoms with van der Waals surface area (Å²) in [6.07, 6.45) is 4.32. The van der Waals surface area contributed by atoms with Gasteiger partial charge in [0.1, 0.15) is 0 Å². The van der Waals surface area contributed by atoms with Crippen molar-refractivity contribution in [2.75, 3.05) is 56.8 Å². The van der Waals surface area contributed by atoms with Crippen molar-refractivity contribution >= 4 is 11.8 Å². The van der Waals surface area contributed by atoms with E-state index in [1.165, 1.54) is 0 Å². The molecule has 0 saturated carbocycles. The van der Waals surface area contributed by atoms with E-state index in [1.54, 1.807) is 13.3 Å². The lowest BCUT2D eigenvalue weighted by molar-refractivity contribution is -0.169. The Balaban J connectivity index is 1.54. The number of anilines is 2. The van der Waals surface area contributed by atoms with Gasteiger partial charge in [-0.25, -0.2) is 0 Å². The molecule has 0 aliphatic carbocycles. The molecule has 2 saturated heterocycles. The SMILES string of the molecule is COCCCNc1nncc(N2CCC3(CC2)OCCO3)n1. The first kappa shape index (κ1) is 15.4. The van der Waals surface area contributed by atoms with Gasteiger partial charge in [0.2, 0.25) is 5.95 Å². The minimum absolute atomic E-state index is 0.363. The van der Waals surface area contributed by atoms with E-state index in [0.717, 1.165) is 44.7 Å². The van der Waals surface area contributed by atoms with Gasteiger partial charge in [0.15, 0.2) is 11.6 Å². The van der Waals surface area contributed by atoms with Gasteiger partial charge in [-0.1, -0.05) is 0 Å². The molecule has 3 rings (SSSR count). The minimum atomic E-state index is -0.363. The lowest BCUT2D eigenvalue weighted by atomic mass is 10.0. The molecule has 2 aliphatic rings. The van der Waals surface area contributed by atoms with Crippen molar-refractivity contribution in [2.24, 2.45) is 0 Å². The molecule has 2 fully saturated rings. The highest BCUT2D eigenvalue weighted by Crippen LogP contribution is 2.32. The monoisotopic (exact) mass is 309 g/mol. The Hall–Kier alpha value is -1.51. The fourth-order valence-electron chi connectivity index (χ4n) is 2.80. The number of nitrogens with one attached hydrogen (secondary N) is 1. The summed E-state index contributed by atoms with van der Waals surface area (Å²) in [7, 11) is 1.69. The third-order valence-electron chi connectivity index (χ3n) is 4.02. The molecule has 0 aromatic carbocycles. The van der Waals surface area contributed by atoms with Crippen LogP contribution in [0, 0.1) is 0 Å². The average Bonchev–Trinajstić information content (AvgIpc) is 3.01. The first-order chi connectivity index (χ1) is 10.8. The van der Waals surface area contributed by atoms with Gasteiger partial charge in [-0.3, -0.25) is 0 Å². The summed E-state index contributed by atoms with van der Waals surface area (Å²) < 4.78 is 16.5. The molecule has 0 bridgehead atoms. The number of rotatable bonds is 6. The van der Waals surface area contributed by atoms with Gasteiger partial charge in [0.05, 0.1) is 19.4 Å². The van der Waals surface area contributed by atoms with Crippen molar-refractivity contribution in [3.8, 4) is 0 Å². The van der Waals surface area contributed by atoms with Crippen LogP contribution in [0.25, 0.3) is 0 Å². The molecule has 1 N–H and O–H groups in total. The second-order valence-corrected chi connectivity index (χ2v) is 5.51. The summed E-state index contributed by atoms with van der Waals surface area (Å²) >= 11 is 0. The molecule has 122 valence electrons. The molecular weight excluding hydrogens is 286 g/mol. The summed E-state index contributed by atoms with van der Waals surface area (Å²) in [5, 5.41) is 11.2. The van der Waals surface area contributed by atoms with Crippen LogP contribution in [0.1, 0.15) is 19.3 Å². The molecule has 0 amide bonds. The van der Waals surface area contributed by atoms with Crippen molar-refractivity contribution < 1.29 is 14.2 Å². The second kappa shape index (κ2) is 7.17. The molecule has 1 aromatic rings. The Morgan fingerprint density at radius 1 is 1.32 bits per heavy atom. The number of aromatic nitrogens is 3. The van der Waals surface area contributed by atoms with Gasteiger partial charge in [-0.05, 0) is 6.42 Å². The molecule has 1 spiro atoms. The van der Waals surface area contributed by atoms with Crippen LogP contribution < -0.4 is 10.2 Å². The van der Waals surface area contributed by atoms with Crippen LogP contribution in [-0.4, -0.2) is 67.5 Å². The van der Waals surface area contributed by atoms with Crippen molar-refractivity contribution in [3.05, 3.63) is 6.20 Å². The smallest absolute Gasteiger partial charge is 0.244 e. The van der Waals surface area contributed by atoms with Crippen LogP contribution in [0.4, 0.5) is 11.8 Å². The van der Waals surface area contributed by atoms with Crippen LogP contribution in [0.3, 0.4) is 0 Å². The van der Waals surface area contributed by atoms with E-state index in [0.29, 0.717) is 25.8 Å². The number of ether oxygens (including phenoxy) is 3. The van der Waals surface area contributed by atoms with Crippen molar-refractivity contribution in [3.63, 3.8) is 0 Å². The number of piperidine rings is 1. The van der Waals surface area contributed by atoms with Crippen LogP contribution in [0.2, 0.25) is 0 Å². The standard InChI is InChI=1S/C14H23N5O3/c1-20-8-2-5-15-13-17-12(11-16-18-13)19-6-3-14(4-7-19)21-9-10-22-14/h11H,2-10H2,1H3,(H,15,17,18). The third kappa shape index (κ3) is 3.63. The van der Waals surface area contributed by atoms with Crippen molar-refractivity contribution in [1.82, 2.24) is 15.2 Å². The normalized spacial score (nSPS) is 20.5. The van der Waals surface area contributed by atoms with E-state index in [1.807, 2.05) is 0 Å². The van der Waals surface area contributed by atoms with E-state index in [2.05, 4.69) is 25.4 Å². The summed E-state index contributed by atoms with van der Waals surface area (Å²) in [6, 6.07) is 0. The molecule has 0 unspecified atom stereocenters. The first-order valence-electron chi connectivity index (χ1n) is 7.77. The summed E-state index contributed by atoms with van der Waals surface area (Å²) in [6.45, 7) is 4.58. The van der Waals surface area contributed by atoms with E-state index in [4.69, 9.17) is 14.2 Å². The quantitative estimate of drug-likeness (QED) is 0.768. The highest BCUT2D eigenvalue weighted by atomic mass is 16.7. The van der Waals surface area contributed by atoms with Gasteiger partial charge < -0.3 is 24.4 Å². The maximum Gasteiger partial charge on any atom is 0.244 e. The maximum absolute atomic E-state index is 5.74. The molecule has 3 heterocycles. The fourth-order valence-corrected chi connectivity index (χ4v) is 2.80. The van der Waals surface area contributed by atoms with Crippen LogP contribution in [0.15, 0.2) is 6.20 Å². The second-order valence-electron chi connectivity index (χ2n) is 5.51. The summed E-state index contributed by atoms with van der Waals surface area (Å²) in [5.74, 6) is 1.04. The Morgan fingerprint density at radius 2 is 2.09 bits per heavy atom. The molecule has 22 heavy (non-hydrogen) atoms. The maximum atomic E-state index is 5.74. The lowest BCUT2D eigenvalue weighted by Gasteiger charge is -2.37. The zero-order chi connectivity index (χ0) is 15.3. The molecule has 2 aliphatic heterocycles. The summed E-state index contributed by atoms with van der Waals surface area (Å²) in [5.41, 5.74) is 0. The van der Waals surface area contributed by atoms with Crippen molar-refractivity contribution in [2.45, 2.75) is 25.0 Å². The number of nitrogens with zero attached hydrogens (tertiary/aromatic N) is 4. The fraction of sp³-hybridized carbons (Fsp3) is 0.786. The highest BCUT2D eigenvalue weighted by molar-refractivity contribution is 5.40. The number of methoxy groups -OCH3 is 1. The topological polar surface area (TPSA) is 81.6 Å². The third-order valence-corrected chi connectivity index (χ3v) is 4.02. The molecule has 0 atom stereocenters. The molecular formula is C14H23N5O3. The predicted molar refractivity (Wildman–Crippen MR) is 80.9 cm³/mol. The van der Waals surface area contributed by atoms with Crippen LogP contribution in [-0.2, 0) is 14.2 Å². The Labute approximate surface area is 130 Å². The first-order valence-corrected chi connectivity index (χ1v) is 7.77. The zero-order valence-corrected chi connectivity index (χ0v) is 13.0. The van der Waals surface area contributed by atoms with E-state index in [-0.39, 0.29) is 5.79 Å². The van der Waals surface area contributed by atoms with Crippen LogP contribution in [0.5, 0.6) is 0 Å². The van der Waals surface area contributed by atoms with E-state index >= 15 is 0 Å². The lowest BCUT2D eigenvalue weighted by Crippen LogP contribution is -2.45. The average molecular weight is 309 g/mol. The number of hydrogen-bond donors (Lipinski definition) is 1. The molecule has 0 radical (unpaired) electrons. The van der Waals surface area contributed by atoms with Gasteiger partial charge in [0, 0.05) is 46.2 Å². The zero-order valence-electron chi connectivity index (χ0n) is 13.0. The molecule has 8 heteroatoms.